The third kappa shape index (κ3) is 3.68. The molecule has 1 aliphatic rings. The molecule has 0 aliphatic carbocycles. The van der Waals surface area contributed by atoms with E-state index in [1.807, 2.05) is 0 Å². The minimum atomic E-state index is -3.73. The highest BCUT2D eigenvalue weighted by atomic mass is 32.3. The predicted molar refractivity (Wildman–Crippen MR) is 59.1 cm³/mol. The van der Waals surface area contributed by atoms with Crippen LogP contribution in [0.1, 0.15) is 20.3 Å². The molecule has 0 aromatic heterocycles. The van der Waals surface area contributed by atoms with Crippen LogP contribution in [0.5, 0.6) is 0 Å². The summed E-state index contributed by atoms with van der Waals surface area (Å²) in [6, 6.07) is 0. The Labute approximate surface area is 96.2 Å². The standard InChI is InChI=1S/C7H17O7PS/c1-3-11-15(8,12-4-2)14-7-5-6-13-16(7,9)10/h7,9-10H,3-6H2,1-2H3. The van der Waals surface area contributed by atoms with E-state index >= 15 is 0 Å². The first-order valence-electron chi connectivity index (χ1n) is 4.92. The second-order valence-electron chi connectivity index (χ2n) is 2.97. The van der Waals surface area contributed by atoms with Crippen LogP contribution in [0.25, 0.3) is 0 Å². The van der Waals surface area contributed by atoms with Gasteiger partial charge in [0.1, 0.15) is 10.9 Å². The third-order valence-corrected chi connectivity index (χ3v) is 5.11. The topological polar surface area (TPSA) is 94.5 Å². The second-order valence-corrected chi connectivity index (χ2v) is 6.42. The number of phosphoric acid groups is 1. The SMILES string of the molecule is CCOP(=O)(OCC)OC1CCOS1(O)O. The maximum atomic E-state index is 11.9. The van der Waals surface area contributed by atoms with Gasteiger partial charge in [0.05, 0.1) is 19.8 Å². The van der Waals surface area contributed by atoms with E-state index in [1.54, 1.807) is 13.8 Å². The molecule has 0 radical (unpaired) electrons. The molecule has 7 nitrogen and oxygen atoms in total. The molecule has 0 spiro atoms. The molecule has 0 bridgehead atoms. The zero-order chi connectivity index (χ0) is 12.2. The van der Waals surface area contributed by atoms with Crippen molar-refractivity contribution in [1.82, 2.24) is 0 Å². The molecule has 1 aliphatic heterocycles. The average molecular weight is 276 g/mol. The van der Waals surface area contributed by atoms with E-state index in [1.165, 1.54) is 0 Å². The quantitative estimate of drug-likeness (QED) is 0.720. The first-order valence-corrected chi connectivity index (χ1v) is 7.92. The monoisotopic (exact) mass is 276 g/mol. The second kappa shape index (κ2) is 5.79. The lowest BCUT2D eigenvalue weighted by Crippen LogP contribution is -2.16. The zero-order valence-electron chi connectivity index (χ0n) is 9.20. The van der Waals surface area contributed by atoms with Crippen molar-refractivity contribution in [2.75, 3.05) is 19.8 Å². The number of hydrogen-bond donors (Lipinski definition) is 2. The van der Waals surface area contributed by atoms with Crippen molar-refractivity contribution in [3.8, 4) is 0 Å². The molecule has 1 atom stereocenters. The highest BCUT2D eigenvalue weighted by molar-refractivity contribution is 8.20. The van der Waals surface area contributed by atoms with Crippen molar-refractivity contribution in [3.05, 3.63) is 0 Å². The first kappa shape index (κ1) is 14.4. The number of hydrogen-bond acceptors (Lipinski definition) is 7. The van der Waals surface area contributed by atoms with Crippen molar-refractivity contribution in [1.29, 1.82) is 0 Å². The summed E-state index contributed by atoms with van der Waals surface area (Å²) < 4.78 is 50.2. The summed E-state index contributed by atoms with van der Waals surface area (Å²) >= 11 is 0. The molecule has 0 amide bonds. The summed E-state index contributed by atoms with van der Waals surface area (Å²) in [7, 11) is -7.04. The van der Waals surface area contributed by atoms with Gasteiger partial charge in [-0.15, -0.1) is 0 Å². The molecule has 9 heteroatoms. The van der Waals surface area contributed by atoms with E-state index in [0.717, 1.165) is 0 Å². The van der Waals surface area contributed by atoms with Gasteiger partial charge < -0.3 is 9.11 Å². The van der Waals surface area contributed by atoms with Crippen molar-refractivity contribution < 1.29 is 31.4 Å². The summed E-state index contributed by atoms with van der Waals surface area (Å²) in [5.41, 5.74) is -1.06. The molecule has 98 valence electrons. The van der Waals surface area contributed by atoms with Crippen LogP contribution in [-0.2, 0) is 22.3 Å². The van der Waals surface area contributed by atoms with Gasteiger partial charge in [0.25, 0.3) is 0 Å². The fourth-order valence-electron chi connectivity index (χ4n) is 1.16. The lowest BCUT2D eigenvalue weighted by atomic mass is 10.5. The molecular weight excluding hydrogens is 259 g/mol. The van der Waals surface area contributed by atoms with Gasteiger partial charge in [0.2, 0.25) is 0 Å². The Bertz CT molecular complexity index is 261. The molecule has 1 fully saturated rings. The molecule has 1 heterocycles. The van der Waals surface area contributed by atoms with Gasteiger partial charge in [0, 0.05) is 6.42 Å². The van der Waals surface area contributed by atoms with Gasteiger partial charge in [0.15, 0.2) is 5.44 Å². The maximum absolute atomic E-state index is 11.9. The Morgan fingerprint density at radius 3 is 2.31 bits per heavy atom. The molecule has 0 aromatic carbocycles. The molecular formula is C7H17O7PS. The molecule has 1 saturated heterocycles. The van der Waals surface area contributed by atoms with Crippen molar-refractivity contribution in [2.45, 2.75) is 25.7 Å². The van der Waals surface area contributed by atoms with Crippen molar-refractivity contribution in [2.24, 2.45) is 0 Å². The predicted octanol–water partition coefficient (Wildman–Crippen LogP) is 2.60. The van der Waals surface area contributed by atoms with Crippen LogP contribution in [-0.4, -0.2) is 34.4 Å². The Kier molecular flexibility index (Phi) is 5.21. The minimum absolute atomic E-state index is 0.143. The molecule has 0 aromatic rings. The van der Waals surface area contributed by atoms with Crippen LogP contribution in [0.3, 0.4) is 0 Å². The third-order valence-electron chi connectivity index (χ3n) is 1.77. The average Bonchev–Trinajstić information content (AvgIpc) is 2.46. The normalized spacial score (nSPS) is 26.9. The fraction of sp³-hybridized carbons (Fsp3) is 1.00. The summed E-state index contributed by atoms with van der Waals surface area (Å²) in [5, 5.41) is 0. The Hall–Kier alpha value is 0.340. The van der Waals surface area contributed by atoms with E-state index in [2.05, 4.69) is 0 Å². The molecule has 2 N–H and O–H groups in total. The van der Waals surface area contributed by atoms with Gasteiger partial charge in [-0.2, -0.15) is 0 Å². The van der Waals surface area contributed by atoms with Gasteiger partial charge in [-0.05, 0) is 13.8 Å². The fourth-order valence-corrected chi connectivity index (χ4v) is 4.05. The Balaban J connectivity index is 2.64. The lowest BCUT2D eigenvalue weighted by Gasteiger charge is -2.28. The first-order chi connectivity index (χ1) is 7.43. The van der Waals surface area contributed by atoms with Gasteiger partial charge in [-0.1, -0.05) is 0 Å². The summed E-state index contributed by atoms with van der Waals surface area (Å²) in [4.78, 5) is 0. The van der Waals surface area contributed by atoms with Crippen LogP contribution >= 0.6 is 18.7 Å². The lowest BCUT2D eigenvalue weighted by molar-refractivity contribution is 0.107. The number of phosphoric ester groups is 1. The van der Waals surface area contributed by atoms with Gasteiger partial charge >= 0.3 is 7.82 Å². The summed E-state index contributed by atoms with van der Waals surface area (Å²) in [5.74, 6) is 0. The molecule has 1 unspecified atom stereocenters. The zero-order valence-corrected chi connectivity index (χ0v) is 10.9. The largest absolute Gasteiger partial charge is 0.476 e. The Morgan fingerprint density at radius 2 is 1.94 bits per heavy atom. The van der Waals surface area contributed by atoms with E-state index < -0.39 is 24.1 Å². The van der Waals surface area contributed by atoms with Crippen LogP contribution in [0.2, 0.25) is 0 Å². The highest BCUT2D eigenvalue weighted by Gasteiger charge is 2.43. The van der Waals surface area contributed by atoms with Gasteiger partial charge in [-0.3, -0.25) is 17.8 Å². The van der Waals surface area contributed by atoms with Crippen LogP contribution in [0.15, 0.2) is 0 Å². The van der Waals surface area contributed by atoms with Gasteiger partial charge in [-0.25, -0.2) is 4.57 Å². The molecule has 16 heavy (non-hydrogen) atoms. The van der Waals surface area contributed by atoms with Crippen molar-refractivity contribution >= 4 is 18.7 Å². The van der Waals surface area contributed by atoms with Crippen LogP contribution in [0.4, 0.5) is 0 Å². The Morgan fingerprint density at radius 1 is 1.38 bits per heavy atom. The van der Waals surface area contributed by atoms with E-state index in [0.29, 0.717) is 0 Å². The maximum Gasteiger partial charge on any atom is 0.476 e. The van der Waals surface area contributed by atoms with E-state index in [4.69, 9.17) is 17.8 Å². The molecule has 1 rings (SSSR count). The van der Waals surface area contributed by atoms with Crippen molar-refractivity contribution in [3.63, 3.8) is 0 Å². The minimum Gasteiger partial charge on any atom is -0.306 e. The molecule has 0 saturated carbocycles. The summed E-state index contributed by atoms with van der Waals surface area (Å²) in [6.07, 6.45) is 0.243. The van der Waals surface area contributed by atoms with E-state index in [9.17, 15) is 13.7 Å². The van der Waals surface area contributed by atoms with Crippen LogP contribution < -0.4 is 0 Å². The van der Waals surface area contributed by atoms with E-state index in [-0.39, 0.29) is 26.2 Å². The highest BCUT2D eigenvalue weighted by Crippen LogP contribution is 2.60. The smallest absolute Gasteiger partial charge is 0.306 e. The number of rotatable bonds is 6. The van der Waals surface area contributed by atoms with Crippen LogP contribution in [0, 0.1) is 0 Å². The summed E-state index contributed by atoms with van der Waals surface area (Å²) in [6.45, 7) is 3.70.